The van der Waals surface area contributed by atoms with Gasteiger partial charge in [-0.05, 0) is 25.0 Å². The molecule has 5 heteroatoms. The Morgan fingerprint density at radius 1 is 1.32 bits per heavy atom. The quantitative estimate of drug-likeness (QED) is 0.815. The molecule has 3 rings (SSSR count). The molecule has 19 heavy (non-hydrogen) atoms. The van der Waals surface area contributed by atoms with Crippen molar-refractivity contribution in [2.24, 2.45) is 0 Å². The first-order valence-electron chi connectivity index (χ1n) is 6.55. The molecule has 5 nitrogen and oxygen atoms in total. The molecule has 2 aliphatic heterocycles. The molecule has 0 spiro atoms. The van der Waals surface area contributed by atoms with Crippen molar-refractivity contribution < 1.29 is 14.3 Å². The fraction of sp³-hybridized carbons (Fsp3) is 0.500. The van der Waals surface area contributed by atoms with Crippen molar-refractivity contribution in [3.63, 3.8) is 0 Å². The maximum Gasteiger partial charge on any atom is 0.254 e. The Morgan fingerprint density at radius 3 is 2.63 bits per heavy atom. The minimum Gasteiger partial charge on any atom is -0.497 e. The number of carbonyl (C=O) groups excluding carboxylic acids is 1. The van der Waals surface area contributed by atoms with E-state index in [9.17, 15) is 4.79 Å². The van der Waals surface area contributed by atoms with Crippen LogP contribution in [-0.4, -0.2) is 43.2 Å². The number of amides is 1. The molecule has 0 radical (unpaired) electrons. The minimum atomic E-state index is 0.00537. The number of carbonyl (C=O) groups is 1. The number of hydrogen-bond donors (Lipinski definition) is 1. The number of fused-ring (bicyclic) bond motifs is 2. The summed E-state index contributed by atoms with van der Waals surface area (Å²) in [7, 11) is 1.57. The van der Waals surface area contributed by atoms with Crippen LogP contribution in [0, 0.1) is 0 Å². The molecule has 0 aromatic heterocycles. The average molecular weight is 262 g/mol. The maximum atomic E-state index is 12.5. The van der Waals surface area contributed by atoms with Gasteiger partial charge in [0.2, 0.25) is 0 Å². The molecule has 2 saturated heterocycles. The summed E-state index contributed by atoms with van der Waals surface area (Å²) >= 11 is 0. The molecule has 1 aromatic rings. The van der Waals surface area contributed by atoms with Crippen LogP contribution in [0.2, 0.25) is 0 Å². The third kappa shape index (κ3) is 2.38. The van der Waals surface area contributed by atoms with Crippen LogP contribution in [0.1, 0.15) is 23.2 Å². The molecule has 2 atom stereocenters. The number of nitrogens with zero attached hydrogens (tertiary/aromatic N) is 1. The number of ether oxygens (including phenoxy) is 2. The molecule has 2 unspecified atom stereocenters. The number of nitrogens with two attached hydrogens (primary N) is 1. The van der Waals surface area contributed by atoms with Crippen LogP contribution >= 0.6 is 0 Å². The second-order valence-corrected chi connectivity index (χ2v) is 5.16. The van der Waals surface area contributed by atoms with E-state index in [0.717, 1.165) is 12.8 Å². The highest BCUT2D eigenvalue weighted by molar-refractivity contribution is 5.95. The van der Waals surface area contributed by atoms with Crippen LogP contribution in [0.25, 0.3) is 0 Å². The molecule has 0 aliphatic carbocycles. The van der Waals surface area contributed by atoms with Gasteiger partial charge in [0, 0.05) is 30.4 Å². The molecule has 0 saturated carbocycles. The number of morpholine rings is 1. The van der Waals surface area contributed by atoms with Gasteiger partial charge in [-0.25, -0.2) is 0 Å². The lowest BCUT2D eigenvalue weighted by Gasteiger charge is -2.32. The van der Waals surface area contributed by atoms with E-state index in [1.54, 1.807) is 25.3 Å². The maximum absolute atomic E-state index is 12.5. The van der Waals surface area contributed by atoms with Crippen LogP contribution in [0.3, 0.4) is 0 Å². The highest BCUT2D eigenvalue weighted by Crippen LogP contribution is 2.28. The van der Waals surface area contributed by atoms with Gasteiger partial charge in [0.05, 0.1) is 19.3 Å². The first-order valence-corrected chi connectivity index (χ1v) is 6.55. The third-order valence-corrected chi connectivity index (χ3v) is 3.74. The van der Waals surface area contributed by atoms with E-state index in [4.69, 9.17) is 15.2 Å². The smallest absolute Gasteiger partial charge is 0.254 e. The summed E-state index contributed by atoms with van der Waals surface area (Å²) in [5, 5.41) is 0. The Hall–Kier alpha value is -1.75. The average Bonchev–Trinajstić information content (AvgIpc) is 2.75. The standard InChI is InChI=1S/C14H18N2O3/c1-18-13-5-9(4-10(15)6-13)14(17)16-7-11-2-3-12(8-16)19-11/h4-6,11-12H,2-3,7-8,15H2,1H3. The largest absolute Gasteiger partial charge is 0.497 e. The van der Waals surface area contributed by atoms with Gasteiger partial charge >= 0.3 is 0 Å². The van der Waals surface area contributed by atoms with Crippen molar-refractivity contribution in [3.05, 3.63) is 23.8 Å². The lowest BCUT2D eigenvalue weighted by Crippen LogP contribution is -2.45. The highest BCUT2D eigenvalue weighted by atomic mass is 16.5. The molecular formula is C14H18N2O3. The van der Waals surface area contributed by atoms with E-state index >= 15 is 0 Å². The number of benzene rings is 1. The van der Waals surface area contributed by atoms with Crippen molar-refractivity contribution in [2.45, 2.75) is 25.0 Å². The zero-order chi connectivity index (χ0) is 13.4. The highest BCUT2D eigenvalue weighted by Gasteiger charge is 2.36. The fourth-order valence-corrected chi connectivity index (χ4v) is 2.83. The molecule has 2 bridgehead atoms. The van der Waals surface area contributed by atoms with Crippen LogP contribution in [0.5, 0.6) is 5.75 Å². The summed E-state index contributed by atoms with van der Waals surface area (Å²) in [5.74, 6) is 0.616. The summed E-state index contributed by atoms with van der Waals surface area (Å²) in [6, 6.07) is 5.14. The van der Waals surface area contributed by atoms with E-state index in [0.29, 0.717) is 30.1 Å². The first kappa shape index (κ1) is 12.3. The minimum absolute atomic E-state index is 0.00537. The van der Waals surface area contributed by atoms with E-state index < -0.39 is 0 Å². The summed E-state index contributed by atoms with van der Waals surface area (Å²) in [5.41, 5.74) is 6.92. The predicted octanol–water partition coefficient (Wildman–Crippen LogP) is 1.28. The van der Waals surface area contributed by atoms with Gasteiger partial charge in [-0.3, -0.25) is 4.79 Å². The molecular weight excluding hydrogens is 244 g/mol. The Balaban J connectivity index is 1.81. The number of hydrogen-bond acceptors (Lipinski definition) is 4. The zero-order valence-corrected chi connectivity index (χ0v) is 11.0. The molecule has 102 valence electrons. The molecule has 2 aliphatic rings. The topological polar surface area (TPSA) is 64.8 Å². The number of anilines is 1. The summed E-state index contributed by atoms with van der Waals surface area (Å²) in [6.45, 7) is 1.35. The molecule has 2 fully saturated rings. The number of methoxy groups -OCH3 is 1. The van der Waals surface area contributed by atoms with Gasteiger partial charge in [-0.2, -0.15) is 0 Å². The monoisotopic (exact) mass is 262 g/mol. The van der Waals surface area contributed by atoms with Crippen LogP contribution in [0.15, 0.2) is 18.2 Å². The first-order chi connectivity index (χ1) is 9.15. The lowest BCUT2D eigenvalue weighted by molar-refractivity contribution is -0.0303. The van der Waals surface area contributed by atoms with Gasteiger partial charge < -0.3 is 20.1 Å². The van der Waals surface area contributed by atoms with Gasteiger partial charge in [-0.1, -0.05) is 0 Å². The second-order valence-electron chi connectivity index (χ2n) is 5.16. The summed E-state index contributed by atoms with van der Waals surface area (Å²) in [6.07, 6.45) is 2.50. The van der Waals surface area contributed by atoms with Gasteiger partial charge in [0.25, 0.3) is 5.91 Å². The lowest BCUT2D eigenvalue weighted by atomic mass is 10.1. The van der Waals surface area contributed by atoms with Crippen molar-refractivity contribution in [2.75, 3.05) is 25.9 Å². The van der Waals surface area contributed by atoms with E-state index in [2.05, 4.69) is 0 Å². The van der Waals surface area contributed by atoms with Crippen LogP contribution < -0.4 is 10.5 Å². The van der Waals surface area contributed by atoms with Gasteiger partial charge in [0.1, 0.15) is 5.75 Å². The van der Waals surface area contributed by atoms with Gasteiger partial charge in [0.15, 0.2) is 0 Å². The van der Waals surface area contributed by atoms with Crippen LogP contribution in [0.4, 0.5) is 5.69 Å². The SMILES string of the molecule is COc1cc(N)cc(C(=O)N2CC3CCC(C2)O3)c1. The number of likely N-dealkylation sites (tertiary alicyclic amines) is 1. The Kier molecular flexibility index (Phi) is 3.06. The van der Waals surface area contributed by atoms with Crippen molar-refractivity contribution >= 4 is 11.6 Å². The van der Waals surface area contributed by atoms with Crippen LogP contribution in [-0.2, 0) is 4.74 Å². The Morgan fingerprint density at radius 2 is 2.00 bits per heavy atom. The van der Waals surface area contributed by atoms with E-state index in [1.165, 1.54) is 0 Å². The normalized spacial score (nSPS) is 25.4. The second kappa shape index (κ2) is 4.74. The summed E-state index contributed by atoms with van der Waals surface area (Å²) in [4.78, 5) is 14.4. The van der Waals surface area contributed by atoms with E-state index in [1.807, 2.05) is 4.90 Å². The van der Waals surface area contributed by atoms with E-state index in [-0.39, 0.29) is 18.1 Å². The Labute approximate surface area is 112 Å². The predicted molar refractivity (Wildman–Crippen MR) is 71.2 cm³/mol. The Bertz CT molecular complexity index is 491. The molecule has 1 aromatic carbocycles. The number of rotatable bonds is 2. The third-order valence-electron chi connectivity index (χ3n) is 3.74. The van der Waals surface area contributed by atoms with Gasteiger partial charge in [-0.15, -0.1) is 0 Å². The number of nitrogen functional groups attached to an aromatic ring is 1. The molecule has 2 N–H and O–H groups in total. The fourth-order valence-electron chi connectivity index (χ4n) is 2.83. The van der Waals surface area contributed by atoms with Crippen molar-refractivity contribution in [1.82, 2.24) is 4.90 Å². The summed E-state index contributed by atoms with van der Waals surface area (Å²) < 4.78 is 10.9. The molecule has 2 heterocycles. The van der Waals surface area contributed by atoms with Crippen molar-refractivity contribution in [3.8, 4) is 5.75 Å². The van der Waals surface area contributed by atoms with Crippen molar-refractivity contribution in [1.29, 1.82) is 0 Å². The zero-order valence-electron chi connectivity index (χ0n) is 11.0. The molecule has 1 amide bonds.